The Kier molecular flexibility index (Phi) is 5.81. The summed E-state index contributed by atoms with van der Waals surface area (Å²) in [6.07, 6.45) is 3.74. The quantitative estimate of drug-likeness (QED) is 0.344. The lowest BCUT2D eigenvalue weighted by Crippen LogP contribution is -2.26. The van der Waals surface area contributed by atoms with Gasteiger partial charge in [-0.25, -0.2) is 4.68 Å². The number of para-hydroxylation sites is 1. The first-order valence-electron chi connectivity index (χ1n) is 12.1. The van der Waals surface area contributed by atoms with Gasteiger partial charge in [0.05, 0.1) is 10.2 Å². The molecule has 8 heteroatoms. The van der Waals surface area contributed by atoms with Crippen LogP contribution in [0.1, 0.15) is 22.3 Å². The average Bonchev–Trinajstić information content (AvgIpc) is 3.44. The summed E-state index contributed by atoms with van der Waals surface area (Å²) in [4.78, 5) is 30.6. The topological polar surface area (TPSA) is 82.2 Å². The molecular formula is C30H23N5O2S. The first-order chi connectivity index (χ1) is 18.4. The number of thiazole rings is 1. The number of nitrogens with zero attached hydrogens (tertiary/aromatic N) is 5. The standard InChI is InChI=1S/C30H23N5O2S/c1-18-14-19(2)25(20(3)15-18)26-22(17-34(32-26)23-12-8-5-9-13-23)16-24-29(37)35-30(38-24)31-28(36)27(33-35)21-10-6-4-7-11-21/h4-17H,1-3H3/b24-16-. The molecule has 0 fully saturated rings. The van der Waals surface area contributed by atoms with E-state index in [2.05, 4.69) is 43.0 Å². The van der Waals surface area contributed by atoms with E-state index in [4.69, 9.17) is 5.10 Å². The fraction of sp³-hybridized carbons (Fsp3) is 0.100. The molecule has 0 amide bonds. The lowest BCUT2D eigenvalue weighted by Gasteiger charge is -2.10. The van der Waals surface area contributed by atoms with E-state index in [9.17, 15) is 9.59 Å². The highest BCUT2D eigenvalue weighted by Crippen LogP contribution is 2.31. The Bertz CT molecular complexity index is 1970. The van der Waals surface area contributed by atoms with Crippen molar-refractivity contribution >= 4 is 22.4 Å². The molecule has 38 heavy (non-hydrogen) atoms. The first kappa shape index (κ1) is 23.7. The molecule has 0 aliphatic rings. The van der Waals surface area contributed by atoms with Crippen LogP contribution in [0.2, 0.25) is 0 Å². The Hall–Kier alpha value is -4.69. The lowest BCUT2D eigenvalue weighted by molar-refractivity contribution is 0.873. The third-order valence-corrected chi connectivity index (χ3v) is 7.36. The molecule has 0 radical (unpaired) electrons. The van der Waals surface area contributed by atoms with Gasteiger partial charge in [0.2, 0.25) is 4.96 Å². The van der Waals surface area contributed by atoms with E-state index in [1.807, 2.05) is 65.5 Å². The second kappa shape index (κ2) is 9.32. The highest BCUT2D eigenvalue weighted by atomic mass is 32.1. The maximum atomic E-state index is 13.4. The molecule has 0 saturated carbocycles. The summed E-state index contributed by atoms with van der Waals surface area (Å²) in [5.41, 5.74) is 6.88. The van der Waals surface area contributed by atoms with Crippen LogP contribution >= 0.6 is 11.3 Å². The molecule has 0 bridgehead atoms. The third-order valence-electron chi connectivity index (χ3n) is 6.40. The fourth-order valence-electron chi connectivity index (χ4n) is 4.78. The van der Waals surface area contributed by atoms with E-state index < -0.39 is 5.56 Å². The Morgan fingerprint density at radius 3 is 2.16 bits per heavy atom. The SMILES string of the molecule is Cc1cc(C)c(-c2nn(-c3ccccc3)cc2/C=c2\sc3nc(=O)c(-c4ccccc4)nn3c2=O)c(C)c1. The van der Waals surface area contributed by atoms with E-state index in [0.29, 0.717) is 10.1 Å². The van der Waals surface area contributed by atoms with Gasteiger partial charge >= 0.3 is 5.56 Å². The van der Waals surface area contributed by atoms with Crippen LogP contribution in [-0.4, -0.2) is 24.4 Å². The summed E-state index contributed by atoms with van der Waals surface area (Å²) in [6, 6.07) is 23.2. The number of aryl methyl sites for hydroxylation is 3. The number of aromatic nitrogens is 5. The van der Waals surface area contributed by atoms with E-state index in [1.165, 1.54) is 10.1 Å². The van der Waals surface area contributed by atoms with Gasteiger partial charge in [-0.1, -0.05) is 77.6 Å². The molecule has 0 aliphatic carbocycles. The molecule has 6 aromatic rings. The van der Waals surface area contributed by atoms with Gasteiger partial charge in [0.25, 0.3) is 5.56 Å². The largest absolute Gasteiger partial charge is 0.300 e. The van der Waals surface area contributed by atoms with Crippen molar-refractivity contribution in [3.63, 3.8) is 0 Å². The normalized spacial score (nSPS) is 11.9. The average molecular weight is 518 g/mol. The lowest BCUT2D eigenvalue weighted by atomic mass is 9.95. The van der Waals surface area contributed by atoms with Crippen LogP contribution in [-0.2, 0) is 0 Å². The van der Waals surface area contributed by atoms with Crippen LogP contribution in [0, 0.1) is 20.8 Å². The molecule has 7 nitrogen and oxygen atoms in total. The van der Waals surface area contributed by atoms with Crippen LogP contribution in [0.3, 0.4) is 0 Å². The first-order valence-corrected chi connectivity index (χ1v) is 12.9. The van der Waals surface area contributed by atoms with Crippen molar-refractivity contribution in [3.8, 4) is 28.2 Å². The van der Waals surface area contributed by atoms with Gasteiger partial charge in [0, 0.05) is 22.9 Å². The van der Waals surface area contributed by atoms with Crippen molar-refractivity contribution in [1.29, 1.82) is 0 Å². The zero-order chi connectivity index (χ0) is 26.4. The summed E-state index contributed by atoms with van der Waals surface area (Å²) in [6.45, 7) is 6.22. The van der Waals surface area contributed by atoms with Crippen molar-refractivity contribution in [1.82, 2.24) is 24.4 Å². The Balaban J connectivity index is 1.58. The monoisotopic (exact) mass is 517 g/mol. The van der Waals surface area contributed by atoms with Gasteiger partial charge < -0.3 is 0 Å². The van der Waals surface area contributed by atoms with Crippen LogP contribution in [0.5, 0.6) is 0 Å². The van der Waals surface area contributed by atoms with Crippen LogP contribution in [0.25, 0.3) is 39.2 Å². The van der Waals surface area contributed by atoms with Gasteiger partial charge in [-0.15, -0.1) is 0 Å². The van der Waals surface area contributed by atoms with Crippen molar-refractivity contribution in [2.24, 2.45) is 0 Å². The maximum Gasteiger partial charge on any atom is 0.300 e. The zero-order valence-corrected chi connectivity index (χ0v) is 21.9. The second-order valence-corrected chi connectivity index (χ2v) is 10.2. The maximum absolute atomic E-state index is 13.4. The molecule has 186 valence electrons. The smallest absolute Gasteiger partial charge is 0.266 e. The molecular weight excluding hydrogens is 494 g/mol. The zero-order valence-electron chi connectivity index (χ0n) is 21.0. The van der Waals surface area contributed by atoms with Crippen LogP contribution in [0.4, 0.5) is 0 Å². The molecule has 3 aromatic heterocycles. The molecule has 0 spiro atoms. The molecule has 0 aliphatic heterocycles. The highest BCUT2D eigenvalue weighted by Gasteiger charge is 2.17. The fourth-order valence-corrected chi connectivity index (χ4v) is 5.68. The van der Waals surface area contributed by atoms with Crippen molar-refractivity contribution in [3.05, 3.63) is 126 Å². The summed E-state index contributed by atoms with van der Waals surface area (Å²) < 4.78 is 3.46. The Morgan fingerprint density at radius 1 is 0.816 bits per heavy atom. The van der Waals surface area contributed by atoms with E-state index in [0.717, 1.165) is 45.0 Å². The molecule has 3 aromatic carbocycles. The van der Waals surface area contributed by atoms with Gasteiger partial charge in [-0.3, -0.25) is 9.59 Å². The van der Waals surface area contributed by atoms with Crippen molar-refractivity contribution < 1.29 is 0 Å². The molecule has 0 saturated heterocycles. The molecule has 3 heterocycles. The number of fused-ring (bicyclic) bond motifs is 1. The van der Waals surface area contributed by atoms with Crippen molar-refractivity contribution in [2.75, 3.05) is 0 Å². The van der Waals surface area contributed by atoms with Crippen molar-refractivity contribution in [2.45, 2.75) is 20.8 Å². The van der Waals surface area contributed by atoms with Crippen LogP contribution < -0.4 is 15.7 Å². The molecule has 0 unspecified atom stereocenters. The van der Waals surface area contributed by atoms with E-state index in [1.54, 1.807) is 12.1 Å². The molecule has 6 rings (SSSR count). The summed E-state index contributed by atoms with van der Waals surface area (Å²) in [5, 5.41) is 9.33. The predicted molar refractivity (Wildman–Crippen MR) is 151 cm³/mol. The number of benzene rings is 3. The van der Waals surface area contributed by atoms with Gasteiger partial charge in [0.1, 0.15) is 5.69 Å². The van der Waals surface area contributed by atoms with Gasteiger partial charge in [-0.2, -0.15) is 19.7 Å². The Morgan fingerprint density at radius 2 is 1.47 bits per heavy atom. The minimum absolute atomic E-state index is 0.146. The second-order valence-electron chi connectivity index (χ2n) is 9.23. The number of hydrogen-bond donors (Lipinski definition) is 0. The van der Waals surface area contributed by atoms with Crippen LogP contribution in [0.15, 0.2) is 88.6 Å². The summed E-state index contributed by atoms with van der Waals surface area (Å²) in [7, 11) is 0. The van der Waals surface area contributed by atoms with Gasteiger partial charge in [0.15, 0.2) is 5.69 Å². The molecule has 0 N–H and O–H groups in total. The minimum atomic E-state index is -0.465. The van der Waals surface area contributed by atoms with E-state index >= 15 is 0 Å². The summed E-state index contributed by atoms with van der Waals surface area (Å²) in [5.74, 6) is 0. The Labute approximate surface area is 222 Å². The van der Waals surface area contributed by atoms with Gasteiger partial charge in [-0.05, 0) is 50.1 Å². The third kappa shape index (κ3) is 4.14. The molecule has 0 atom stereocenters. The predicted octanol–water partition coefficient (Wildman–Crippen LogP) is 4.50. The number of rotatable bonds is 4. The highest BCUT2D eigenvalue weighted by molar-refractivity contribution is 7.15. The number of hydrogen-bond acceptors (Lipinski definition) is 6. The summed E-state index contributed by atoms with van der Waals surface area (Å²) >= 11 is 1.14. The van der Waals surface area contributed by atoms with E-state index in [-0.39, 0.29) is 16.2 Å². The minimum Gasteiger partial charge on any atom is -0.266 e.